The predicted octanol–water partition coefficient (Wildman–Crippen LogP) is 2.20. The van der Waals surface area contributed by atoms with Crippen LogP contribution in [0.4, 0.5) is 11.5 Å². The molecule has 1 heterocycles. The van der Waals surface area contributed by atoms with Gasteiger partial charge in [-0.1, -0.05) is 12.8 Å². The summed E-state index contributed by atoms with van der Waals surface area (Å²) in [5, 5.41) is 2.82. The molecule has 0 aromatic carbocycles. The Morgan fingerprint density at radius 3 is 2.61 bits per heavy atom. The van der Waals surface area contributed by atoms with E-state index in [-0.39, 0.29) is 5.25 Å². The second-order valence-electron chi connectivity index (χ2n) is 4.52. The highest BCUT2D eigenvalue weighted by molar-refractivity contribution is 7.93. The quantitative estimate of drug-likeness (QED) is 0.859. The van der Waals surface area contributed by atoms with Gasteiger partial charge in [0.25, 0.3) is 0 Å². The lowest BCUT2D eigenvalue weighted by atomic mass is 10.4. The maximum Gasteiger partial charge on any atom is 0.235 e. The molecule has 0 saturated heterocycles. The van der Waals surface area contributed by atoms with Crippen molar-refractivity contribution in [3.05, 3.63) is 18.3 Å². The van der Waals surface area contributed by atoms with E-state index in [0.717, 1.165) is 38.0 Å². The molecule has 0 atom stereocenters. The minimum absolute atomic E-state index is 0.244. The zero-order valence-electron chi connectivity index (χ0n) is 10.5. The first kappa shape index (κ1) is 13.1. The minimum Gasteiger partial charge on any atom is -0.370 e. The van der Waals surface area contributed by atoms with Gasteiger partial charge in [0.15, 0.2) is 0 Å². The molecule has 0 amide bonds. The van der Waals surface area contributed by atoms with E-state index in [9.17, 15) is 8.42 Å². The molecule has 1 saturated carbocycles. The zero-order chi connectivity index (χ0) is 13.0. The molecular formula is C12H19N3O2S. The lowest BCUT2D eigenvalue weighted by Crippen LogP contribution is -2.25. The van der Waals surface area contributed by atoms with Crippen LogP contribution in [0.1, 0.15) is 32.6 Å². The fraction of sp³-hybridized carbons (Fsp3) is 0.583. The monoisotopic (exact) mass is 269 g/mol. The van der Waals surface area contributed by atoms with Crippen LogP contribution in [-0.4, -0.2) is 25.2 Å². The van der Waals surface area contributed by atoms with Gasteiger partial charge in [-0.25, -0.2) is 13.4 Å². The highest BCUT2D eigenvalue weighted by Gasteiger charge is 2.28. The number of hydrogen-bond acceptors (Lipinski definition) is 4. The van der Waals surface area contributed by atoms with E-state index in [1.165, 1.54) is 0 Å². The summed E-state index contributed by atoms with van der Waals surface area (Å²) < 4.78 is 26.7. The van der Waals surface area contributed by atoms with Crippen LogP contribution < -0.4 is 10.0 Å². The van der Waals surface area contributed by atoms with Crippen molar-refractivity contribution < 1.29 is 8.42 Å². The number of pyridine rings is 1. The third kappa shape index (κ3) is 3.13. The topological polar surface area (TPSA) is 71.1 Å². The van der Waals surface area contributed by atoms with E-state index in [1.807, 2.05) is 6.92 Å². The minimum atomic E-state index is -3.25. The molecule has 0 radical (unpaired) electrons. The van der Waals surface area contributed by atoms with Crippen molar-refractivity contribution in [2.45, 2.75) is 37.9 Å². The van der Waals surface area contributed by atoms with Gasteiger partial charge >= 0.3 is 0 Å². The first-order chi connectivity index (χ1) is 8.62. The van der Waals surface area contributed by atoms with Gasteiger partial charge in [-0.15, -0.1) is 0 Å². The Morgan fingerprint density at radius 1 is 1.33 bits per heavy atom. The van der Waals surface area contributed by atoms with Crippen LogP contribution in [0.3, 0.4) is 0 Å². The molecule has 1 aliphatic rings. The molecule has 0 unspecified atom stereocenters. The molecule has 1 aromatic rings. The highest BCUT2D eigenvalue weighted by Crippen LogP contribution is 2.26. The van der Waals surface area contributed by atoms with Gasteiger partial charge in [0.2, 0.25) is 10.0 Å². The summed E-state index contributed by atoms with van der Waals surface area (Å²) in [7, 11) is -3.25. The normalized spacial score (nSPS) is 16.7. The Hall–Kier alpha value is -1.30. The maximum absolute atomic E-state index is 12.1. The van der Waals surface area contributed by atoms with Crippen LogP contribution in [0.5, 0.6) is 0 Å². The number of sulfonamides is 1. The number of rotatable bonds is 5. The second kappa shape index (κ2) is 5.56. The summed E-state index contributed by atoms with van der Waals surface area (Å²) in [4.78, 5) is 4.14. The van der Waals surface area contributed by atoms with Crippen LogP contribution in [0.2, 0.25) is 0 Å². The molecule has 6 heteroatoms. The molecule has 100 valence electrons. The third-order valence-electron chi connectivity index (χ3n) is 3.12. The van der Waals surface area contributed by atoms with Crippen molar-refractivity contribution >= 4 is 21.5 Å². The summed E-state index contributed by atoms with van der Waals surface area (Å²) in [5.74, 6) is 0.751. The largest absolute Gasteiger partial charge is 0.370 e. The first-order valence-electron chi connectivity index (χ1n) is 6.33. The Labute approximate surface area is 108 Å². The van der Waals surface area contributed by atoms with Gasteiger partial charge in [-0.3, -0.25) is 4.72 Å². The summed E-state index contributed by atoms with van der Waals surface area (Å²) >= 11 is 0. The summed E-state index contributed by atoms with van der Waals surface area (Å²) in [6.07, 6.45) is 5.08. The fourth-order valence-corrected chi connectivity index (χ4v) is 3.76. The Balaban J connectivity index is 2.04. The summed E-state index contributed by atoms with van der Waals surface area (Å²) in [6.45, 7) is 2.78. The zero-order valence-corrected chi connectivity index (χ0v) is 11.3. The van der Waals surface area contributed by atoms with Crippen LogP contribution in [0.15, 0.2) is 18.3 Å². The van der Waals surface area contributed by atoms with Gasteiger partial charge in [0.05, 0.1) is 17.1 Å². The van der Waals surface area contributed by atoms with Gasteiger partial charge < -0.3 is 5.32 Å². The van der Waals surface area contributed by atoms with E-state index < -0.39 is 10.0 Å². The van der Waals surface area contributed by atoms with E-state index in [0.29, 0.717) is 5.69 Å². The number of hydrogen-bond donors (Lipinski definition) is 2. The summed E-state index contributed by atoms with van der Waals surface area (Å²) in [5.41, 5.74) is 0.531. The number of anilines is 2. The van der Waals surface area contributed by atoms with Crippen molar-refractivity contribution in [1.82, 2.24) is 4.98 Å². The molecular weight excluding hydrogens is 250 g/mol. The van der Waals surface area contributed by atoms with E-state index in [4.69, 9.17) is 0 Å². The van der Waals surface area contributed by atoms with E-state index in [2.05, 4.69) is 15.0 Å². The SMILES string of the molecule is CCNc1ccc(NS(=O)(=O)C2CCCC2)cn1. The molecule has 1 aliphatic carbocycles. The average molecular weight is 269 g/mol. The predicted molar refractivity (Wildman–Crippen MR) is 73.2 cm³/mol. The number of nitrogens with zero attached hydrogens (tertiary/aromatic N) is 1. The number of aromatic nitrogens is 1. The van der Waals surface area contributed by atoms with Crippen LogP contribution in [0, 0.1) is 0 Å². The highest BCUT2D eigenvalue weighted by atomic mass is 32.2. The van der Waals surface area contributed by atoms with Crippen LogP contribution in [-0.2, 0) is 10.0 Å². The van der Waals surface area contributed by atoms with Crippen LogP contribution >= 0.6 is 0 Å². The molecule has 5 nitrogen and oxygen atoms in total. The second-order valence-corrected chi connectivity index (χ2v) is 6.48. The lowest BCUT2D eigenvalue weighted by molar-refractivity contribution is 0.585. The Bertz CT molecular complexity index is 479. The average Bonchev–Trinajstić information content (AvgIpc) is 2.86. The van der Waals surface area contributed by atoms with Gasteiger partial charge in [-0.2, -0.15) is 0 Å². The van der Waals surface area contributed by atoms with Gasteiger partial charge in [0, 0.05) is 6.54 Å². The van der Waals surface area contributed by atoms with Gasteiger partial charge in [0.1, 0.15) is 5.82 Å². The van der Waals surface area contributed by atoms with Crippen LogP contribution in [0.25, 0.3) is 0 Å². The van der Waals surface area contributed by atoms with Crippen molar-refractivity contribution in [3.63, 3.8) is 0 Å². The van der Waals surface area contributed by atoms with Gasteiger partial charge in [-0.05, 0) is 31.9 Å². The molecule has 0 spiro atoms. The number of nitrogens with one attached hydrogen (secondary N) is 2. The van der Waals surface area contributed by atoms with E-state index in [1.54, 1.807) is 18.3 Å². The first-order valence-corrected chi connectivity index (χ1v) is 7.88. The summed E-state index contributed by atoms with van der Waals surface area (Å²) in [6, 6.07) is 3.51. The Morgan fingerprint density at radius 2 is 2.06 bits per heavy atom. The maximum atomic E-state index is 12.1. The molecule has 2 N–H and O–H groups in total. The molecule has 2 rings (SSSR count). The van der Waals surface area contributed by atoms with Crippen molar-refractivity contribution in [2.24, 2.45) is 0 Å². The molecule has 18 heavy (non-hydrogen) atoms. The van der Waals surface area contributed by atoms with Crippen molar-refractivity contribution in [2.75, 3.05) is 16.6 Å². The molecule has 1 fully saturated rings. The van der Waals surface area contributed by atoms with Crippen molar-refractivity contribution in [3.8, 4) is 0 Å². The third-order valence-corrected chi connectivity index (χ3v) is 4.99. The lowest BCUT2D eigenvalue weighted by Gasteiger charge is -2.13. The standard InChI is InChI=1S/C12H19N3O2S/c1-2-13-12-8-7-10(9-14-12)15-18(16,17)11-5-3-4-6-11/h7-9,11,15H,2-6H2,1H3,(H,13,14). The molecule has 1 aromatic heterocycles. The van der Waals surface area contributed by atoms with E-state index >= 15 is 0 Å². The fourth-order valence-electron chi connectivity index (χ4n) is 2.19. The van der Waals surface area contributed by atoms with Crippen molar-refractivity contribution in [1.29, 1.82) is 0 Å². The molecule has 0 bridgehead atoms. The molecule has 0 aliphatic heterocycles. The smallest absolute Gasteiger partial charge is 0.235 e. The Kier molecular flexibility index (Phi) is 4.06.